The molecule has 0 spiro atoms. The highest BCUT2D eigenvalue weighted by Crippen LogP contribution is 2.32. The minimum Gasteiger partial charge on any atom is -0.496 e. The predicted molar refractivity (Wildman–Crippen MR) is 141 cm³/mol. The van der Waals surface area contributed by atoms with Crippen LogP contribution in [0, 0.1) is 13.8 Å². The number of carbonyl (C=O) groups excluding carboxylic acids is 1. The van der Waals surface area contributed by atoms with Crippen LogP contribution in [0.4, 0.5) is 5.69 Å². The van der Waals surface area contributed by atoms with E-state index in [1.807, 2.05) is 26.8 Å². The molecule has 0 saturated heterocycles. The molecule has 0 aromatic heterocycles. The van der Waals surface area contributed by atoms with E-state index in [2.05, 4.69) is 30.0 Å². The molecule has 3 rings (SSSR count). The minimum absolute atomic E-state index is 0.144. The van der Waals surface area contributed by atoms with Crippen molar-refractivity contribution in [3.8, 4) is 5.75 Å². The third-order valence-electron chi connectivity index (χ3n) is 5.85. The number of aryl methyl sites for hydroxylation is 2. The summed E-state index contributed by atoms with van der Waals surface area (Å²) in [5.41, 5.74) is 4.55. The van der Waals surface area contributed by atoms with Gasteiger partial charge in [-0.05, 0) is 85.8 Å². The van der Waals surface area contributed by atoms with Crippen LogP contribution in [0.25, 0.3) is 0 Å². The number of hydrogen-bond donors (Lipinski definition) is 2. The molecule has 8 heteroatoms. The van der Waals surface area contributed by atoms with Gasteiger partial charge in [-0.1, -0.05) is 43.1 Å². The average molecular weight is 515 g/mol. The number of hydrogen-bond acceptors (Lipinski definition) is 4. The van der Waals surface area contributed by atoms with E-state index in [-0.39, 0.29) is 39.0 Å². The zero-order chi connectivity index (χ0) is 25.9. The van der Waals surface area contributed by atoms with Gasteiger partial charge < -0.3 is 10.1 Å². The highest BCUT2D eigenvalue weighted by Gasteiger charge is 2.20. The van der Waals surface area contributed by atoms with Gasteiger partial charge in [0.25, 0.3) is 15.9 Å². The summed E-state index contributed by atoms with van der Waals surface area (Å²) in [6.07, 6.45) is 0. The number of halogens is 1. The van der Waals surface area contributed by atoms with Crippen molar-refractivity contribution in [1.29, 1.82) is 0 Å². The van der Waals surface area contributed by atoms with Gasteiger partial charge in [-0.3, -0.25) is 9.52 Å². The molecule has 0 saturated carbocycles. The van der Waals surface area contributed by atoms with Crippen molar-refractivity contribution in [2.75, 3.05) is 11.8 Å². The monoisotopic (exact) mass is 514 g/mol. The van der Waals surface area contributed by atoms with E-state index in [1.54, 1.807) is 19.2 Å². The van der Waals surface area contributed by atoms with Gasteiger partial charge in [0.1, 0.15) is 5.75 Å². The van der Waals surface area contributed by atoms with Crippen molar-refractivity contribution in [3.05, 3.63) is 87.4 Å². The molecule has 0 bridgehead atoms. The van der Waals surface area contributed by atoms with Gasteiger partial charge in [0.15, 0.2) is 0 Å². The molecular formula is C27H31ClN2O4S. The normalized spacial score (nSPS) is 12.3. The SMILES string of the molecule is COc1cc(C)c([C@@H](C)NC(=O)c2ccc(NS(=O)(=O)c3ccc(C)cc3)cc2Cl)cc1C(C)C. The second kappa shape index (κ2) is 10.7. The van der Waals surface area contributed by atoms with E-state index in [0.29, 0.717) is 0 Å². The summed E-state index contributed by atoms with van der Waals surface area (Å²) in [4.78, 5) is 13.1. The summed E-state index contributed by atoms with van der Waals surface area (Å²) in [6.45, 7) is 9.96. The summed E-state index contributed by atoms with van der Waals surface area (Å²) in [6, 6.07) is 14.8. The molecule has 1 amide bonds. The maximum atomic E-state index is 13.0. The van der Waals surface area contributed by atoms with Gasteiger partial charge in [-0.25, -0.2) is 8.42 Å². The quantitative estimate of drug-likeness (QED) is 0.365. The first-order valence-corrected chi connectivity index (χ1v) is 13.2. The molecular weight excluding hydrogens is 484 g/mol. The number of anilines is 1. The molecule has 0 aliphatic rings. The highest BCUT2D eigenvalue weighted by molar-refractivity contribution is 7.92. The first kappa shape index (κ1) is 26.6. The summed E-state index contributed by atoms with van der Waals surface area (Å²) in [7, 11) is -2.13. The van der Waals surface area contributed by atoms with Crippen molar-refractivity contribution >= 4 is 33.2 Å². The van der Waals surface area contributed by atoms with Crippen LogP contribution in [0.15, 0.2) is 59.5 Å². The van der Waals surface area contributed by atoms with Gasteiger partial charge >= 0.3 is 0 Å². The fourth-order valence-electron chi connectivity index (χ4n) is 3.86. The zero-order valence-corrected chi connectivity index (χ0v) is 22.3. The Bertz CT molecular complexity index is 1340. The van der Waals surface area contributed by atoms with Gasteiger partial charge in [-0.2, -0.15) is 0 Å². The van der Waals surface area contributed by atoms with Crippen molar-refractivity contribution in [3.63, 3.8) is 0 Å². The molecule has 1 atom stereocenters. The number of sulfonamides is 1. The maximum absolute atomic E-state index is 13.0. The van der Waals surface area contributed by atoms with Crippen LogP contribution in [-0.4, -0.2) is 21.4 Å². The lowest BCUT2D eigenvalue weighted by atomic mass is 9.93. The van der Waals surface area contributed by atoms with Crippen LogP contribution in [0.1, 0.15) is 65.3 Å². The van der Waals surface area contributed by atoms with E-state index in [0.717, 1.165) is 28.0 Å². The molecule has 3 aromatic rings. The molecule has 0 unspecified atom stereocenters. The summed E-state index contributed by atoms with van der Waals surface area (Å²) < 4.78 is 33.3. The molecule has 186 valence electrons. The van der Waals surface area contributed by atoms with Gasteiger partial charge in [-0.15, -0.1) is 0 Å². The molecule has 3 aromatic carbocycles. The Kier molecular flexibility index (Phi) is 8.13. The largest absolute Gasteiger partial charge is 0.496 e. The average Bonchev–Trinajstić information content (AvgIpc) is 2.78. The van der Waals surface area contributed by atoms with E-state index in [4.69, 9.17) is 16.3 Å². The fraction of sp³-hybridized carbons (Fsp3) is 0.296. The van der Waals surface area contributed by atoms with Crippen LogP contribution in [0.2, 0.25) is 5.02 Å². The lowest BCUT2D eigenvalue weighted by Gasteiger charge is -2.21. The number of ether oxygens (including phenoxy) is 1. The smallest absolute Gasteiger partial charge is 0.261 e. The molecule has 0 aliphatic carbocycles. The lowest BCUT2D eigenvalue weighted by Crippen LogP contribution is -2.27. The van der Waals surface area contributed by atoms with E-state index >= 15 is 0 Å². The third-order valence-corrected chi connectivity index (χ3v) is 7.56. The summed E-state index contributed by atoms with van der Waals surface area (Å²) in [5.74, 6) is 0.737. The first-order valence-electron chi connectivity index (χ1n) is 11.3. The molecule has 0 heterocycles. The summed E-state index contributed by atoms with van der Waals surface area (Å²) in [5, 5.41) is 3.14. The van der Waals surface area contributed by atoms with E-state index in [1.165, 1.54) is 30.3 Å². The number of nitrogens with one attached hydrogen (secondary N) is 2. The maximum Gasteiger partial charge on any atom is 0.261 e. The van der Waals surface area contributed by atoms with Crippen LogP contribution in [0.5, 0.6) is 5.75 Å². The highest BCUT2D eigenvalue weighted by atomic mass is 35.5. The zero-order valence-electron chi connectivity index (χ0n) is 20.8. The third kappa shape index (κ3) is 6.16. The molecule has 35 heavy (non-hydrogen) atoms. The van der Waals surface area contributed by atoms with Crippen molar-refractivity contribution in [1.82, 2.24) is 5.32 Å². The fourth-order valence-corrected chi connectivity index (χ4v) is 5.17. The second-order valence-electron chi connectivity index (χ2n) is 8.91. The van der Waals surface area contributed by atoms with Crippen LogP contribution in [-0.2, 0) is 10.0 Å². The Morgan fingerprint density at radius 2 is 1.60 bits per heavy atom. The van der Waals surface area contributed by atoms with Crippen molar-refractivity contribution < 1.29 is 17.9 Å². The molecule has 0 radical (unpaired) electrons. The van der Waals surface area contributed by atoms with Crippen molar-refractivity contribution in [2.24, 2.45) is 0 Å². The number of benzene rings is 3. The number of methoxy groups -OCH3 is 1. The topological polar surface area (TPSA) is 84.5 Å². The predicted octanol–water partition coefficient (Wildman–Crippen LogP) is 6.38. The number of rotatable bonds is 8. The Labute approximate surface area is 212 Å². The van der Waals surface area contributed by atoms with Crippen molar-refractivity contribution in [2.45, 2.75) is 51.5 Å². The number of amides is 1. The minimum atomic E-state index is -3.78. The van der Waals surface area contributed by atoms with Crippen LogP contribution in [0.3, 0.4) is 0 Å². The van der Waals surface area contributed by atoms with Crippen LogP contribution >= 0.6 is 11.6 Å². The first-order chi connectivity index (χ1) is 16.4. The standard InChI is InChI=1S/C27H31ClN2O4S/c1-16(2)23-15-24(18(4)13-26(23)34-6)19(5)29-27(31)22-12-9-20(14-25(22)28)30-35(32,33)21-10-7-17(3)8-11-21/h7-16,19,30H,1-6H3,(H,29,31)/t19-/m1/s1. The Hall–Kier alpha value is -3.03. The van der Waals surface area contributed by atoms with Crippen LogP contribution < -0.4 is 14.8 Å². The molecule has 2 N–H and O–H groups in total. The second-order valence-corrected chi connectivity index (χ2v) is 11.0. The Morgan fingerprint density at radius 1 is 0.943 bits per heavy atom. The Morgan fingerprint density at radius 3 is 2.17 bits per heavy atom. The molecule has 0 fully saturated rings. The van der Waals surface area contributed by atoms with Gasteiger partial charge in [0.2, 0.25) is 0 Å². The molecule has 6 nitrogen and oxygen atoms in total. The number of carbonyl (C=O) groups is 1. The van der Waals surface area contributed by atoms with E-state index in [9.17, 15) is 13.2 Å². The lowest BCUT2D eigenvalue weighted by molar-refractivity contribution is 0.0940. The Balaban J connectivity index is 1.78. The van der Waals surface area contributed by atoms with E-state index < -0.39 is 10.0 Å². The van der Waals surface area contributed by atoms with Gasteiger partial charge in [0.05, 0.1) is 34.3 Å². The molecule has 0 aliphatic heterocycles. The summed E-state index contributed by atoms with van der Waals surface area (Å²) >= 11 is 6.37. The van der Waals surface area contributed by atoms with Gasteiger partial charge in [0, 0.05) is 0 Å².